The Morgan fingerprint density at radius 1 is 1.00 bits per heavy atom. The van der Waals surface area contributed by atoms with Gasteiger partial charge in [-0.05, 0) is 36.2 Å². The summed E-state index contributed by atoms with van der Waals surface area (Å²) in [7, 11) is 0. The number of carbonyl (C=O) groups is 4. The number of hydrogen-bond donors (Lipinski definition) is 0. The number of amides is 3. The standard InChI is InChI=1S/C23H22N2O5/c1-2-15-7-9-17(10-8-15)25-14-16(13-20(25)26)23(29)30-12-11-24-21(27)18-5-3-4-6-19(18)22(24)28/h3-10,16H,2,11-14H2,1H3. The van der Waals surface area contributed by atoms with E-state index in [1.54, 1.807) is 29.2 Å². The SMILES string of the molecule is CCc1ccc(N2CC(C(=O)OCCN3C(=O)c4ccccc4C3=O)CC2=O)cc1. The molecule has 1 unspecified atom stereocenters. The van der Waals surface area contributed by atoms with Gasteiger partial charge in [0.05, 0.1) is 23.6 Å². The molecule has 0 radical (unpaired) electrons. The molecule has 1 saturated heterocycles. The number of benzene rings is 2. The number of imide groups is 1. The third-order valence-electron chi connectivity index (χ3n) is 5.55. The Morgan fingerprint density at radius 3 is 2.23 bits per heavy atom. The van der Waals surface area contributed by atoms with E-state index in [1.165, 1.54) is 5.56 Å². The fraction of sp³-hybridized carbons (Fsp3) is 0.304. The average molecular weight is 406 g/mol. The Bertz CT molecular complexity index is 980. The molecule has 1 atom stereocenters. The number of ether oxygens (including phenoxy) is 1. The zero-order chi connectivity index (χ0) is 21.3. The minimum Gasteiger partial charge on any atom is -0.464 e. The molecule has 2 aromatic rings. The van der Waals surface area contributed by atoms with Crippen molar-refractivity contribution in [2.75, 3.05) is 24.6 Å². The van der Waals surface area contributed by atoms with Gasteiger partial charge in [0, 0.05) is 18.7 Å². The van der Waals surface area contributed by atoms with E-state index < -0.39 is 11.9 Å². The molecular weight excluding hydrogens is 384 g/mol. The van der Waals surface area contributed by atoms with Crippen LogP contribution in [0.1, 0.15) is 39.6 Å². The predicted molar refractivity (Wildman–Crippen MR) is 109 cm³/mol. The van der Waals surface area contributed by atoms with Gasteiger partial charge in [0.15, 0.2) is 0 Å². The Balaban J connectivity index is 1.31. The second kappa shape index (κ2) is 8.10. The van der Waals surface area contributed by atoms with Crippen molar-refractivity contribution in [2.45, 2.75) is 19.8 Å². The van der Waals surface area contributed by atoms with Crippen LogP contribution in [0.15, 0.2) is 48.5 Å². The molecule has 7 nitrogen and oxygen atoms in total. The summed E-state index contributed by atoms with van der Waals surface area (Å²) in [6.45, 7) is 2.21. The molecule has 2 aliphatic rings. The average Bonchev–Trinajstić information content (AvgIpc) is 3.27. The highest BCUT2D eigenvalue weighted by atomic mass is 16.5. The maximum Gasteiger partial charge on any atom is 0.311 e. The first-order valence-electron chi connectivity index (χ1n) is 10.0. The molecule has 0 bridgehead atoms. The highest BCUT2D eigenvalue weighted by Gasteiger charge is 2.37. The normalized spacial score (nSPS) is 18.2. The number of hydrogen-bond acceptors (Lipinski definition) is 5. The molecule has 4 rings (SSSR count). The van der Waals surface area contributed by atoms with Crippen molar-refractivity contribution in [1.82, 2.24) is 4.90 Å². The lowest BCUT2D eigenvalue weighted by atomic mass is 10.1. The smallest absolute Gasteiger partial charge is 0.311 e. The quantitative estimate of drug-likeness (QED) is 0.544. The van der Waals surface area contributed by atoms with Crippen LogP contribution < -0.4 is 4.90 Å². The van der Waals surface area contributed by atoms with Crippen molar-refractivity contribution < 1.29 is 23.9 Å². The summed E-state index contributed by atoms with van der Waals surface area (Å²) in [6.07, 6.45) is 0.998. The van der Waals surface area contributed by atoms with Crippen LogP contribution in [0.25, 0.3) is 0 Å². The summed E-state index contributed by atoms with van der Waals surface area (Å²) >= 11 is 0. The number of carbonyl (C=O) groups excluding carboxylic acids is 4. The van der Waals surface area contributed by atoms with Gasteiger partial charge < -0.3 is 9.64 Å². The van der Waals surface area contributed by atoms with E-state index in [1.807, 2.05) is 24.3 Å². The summed E-state index contributed by atoms with van der Waals surface area (Å²) in [6, 6.07) is 14.3. The van der Waals surface area contributed by atoms with Crippen molar-refractivity contribution in [2.24, 2.45) is 5.92 Å². The molecule has 3 amide bonds. The Kier molecular flexibility index (Phi) is 5.35. The van der Waals surface area contributed by atoms with E-state index >= 15 is 0 Å². The number of nitrogens with zero attached hydrogens (tertiary/aromatic N) is 2. The Morgan fingerprint density at radius 2 is 1.63 bits per heavy atom. The van der Waals surface area contributed by atoms with Crippen molar-refractivity contribution in [3.8, 4) is 0 Å². The molecule has 0 N–H and O–H groups in total. The lowest BCUT2D eigenvalue weighted by molar-refractivity contribution is -0.148. The minimum absolute atomic E-state index is 0.0129. The fourth-order valence-corrected chi connectivity index (χ4v) is 3.82. The monoisotopic (exact) mass is 406 g/mol. The lowest BCUT2D eigenvalue weighted by Gasteiger charge is -2.17. The van der Waals surface area contributed by atoms with Gasteiger partial charge in [-0.15, -0.1) is 0 Å². The second-order valence-corrected chi connectivity index (χ2v) is 7.40. The molecule has 154 valence electrons. The summed E-state index contributed by atoms with van der Waals surface area (Å²) in [5, 5.41) is 0. The molecule has 2 aromatic carbocycles. The molecule has 2 aliphatic heterocycles. The summed E-state index contributed by atoms with van der Waals surface area (Å²) in [4.78, 5) is 52.2. The van der Waals surface area contributed by atoms with E-state index in [2.05, 4.69) is 6.92 Å². The van der Waals surface area contributed by atoms with Crippen LogP contribution in [-0.4, -0.2) is 48.3 Å². The topological polar surface area (TPSA) is 84.0 Å². The van der Waals surface area contributed by atoms with Gasteiger partial charge in [-0.3, -0.25) is 24.1 Å². The van der Waals surface area contributed by atoms with E-state index in [0.717, 1.165) is 17.0 Å². The highest BCUT2D eigenvalue weighted by molar-refractivity contribution is 6.21. The molecule has 1 fully saturated rings. The van der Waals surface area contributed by atoms with Gasteiger partial charge in [-0.2, -0.15) is 0 Å². The molecule has 30 heavy (non-hydrogen) atoms. The molecule has 0 saturated carbocycles. The predicted octanol–water partition coefficient (Wildman–Crippen LogP) is 2.44. The van der Waals surface area contributed by atoms with Crippen molar-refractivity contribution >= 4 is 29.4 Å². The van der Waals surface area contributed by atoms with E-state index in [9.17, 15) is 19.2 Å². The van der Waals surface area contributed by atoms with Gasteiger partial charge in [0.25, 0.3) is 11.8 Å². The molecule has 7 heteroatoms. The number of anilines is 1. The number of fused-ring (bicyclic) bond motifs is 1. The number of aryl methyl sites for hydroxylation is 1. The van der Waals surface area contributed by atoms with Crippen molar-refractivity contribution in [3.63, 3.8) is 0 Å². The lowest BCUT2D eigenvalue weighted by Crippen LogP contribution is -2.34. The fourth-order valence-electron chi connectivity index (χ4n) is 3.82. The van der Waals surface area contributed by atoms with Crippen LogP contribution in [0.4, 0.5) is 5.69 Å². The summed E-state index contributed by atoms with van der Waals surface area (Å²) in [5.74, 6) is -1.95. The van der Waals surface area contributed by atoms with Gasteiger partial charge in [-0.25, -0.2) is 0 Å². The first kappa shape index (κ1) is 19.8. The van der Waals surface area contributed by atoms with Gasteiger partial charge >= 0.3 is 5.97 Å². The van der Waals surface area contributed by atoms with E-state index in [-0.39, 0.29) is 43.8 Å². The first-order valence-corrected chi connectivity index (χ1v) is 10.0. The Labute approximate surface area is 174 Å². The molecule has 2 heterocycles. The van der Waals surface area contributed by atoms with E-state index in [0.29, 0.717) is 11.1 Å². The number of rotatable bonds is 6. The zero-order valence-corrected chi connectivity index (χ0v) is 16.7. The molecule has 0 aliphatic carbocycles. The van der Waals surface area contributed by atoms with Crippen LogP contribution in [-0.2, 0) is 20.7 Å². The molecule has 0 spiro atoms. The largest absolute Gasteiger partial charge is 0.464 e. The van der Waals surface area contributed by atoms with Crippen LogP contribution in [0.3, 0.4) is 0 Å². The van der Waals surface area contributed by atoms with Crippen LogP contribution in [0.5, 0.6) is 0 Å². The minimum atomic E-state index is -0.564. The second-order valence-electron chi connectivity index (χ2n) is 7.40. The third-order valence-corrected chi connectivity index (χ3v) is 5.55. The van der Waals surface area contributed by atoms with Crippen molar-refractivity contribution in [1.29, 1.82) is 0 Å². The number of esters is 1. The maximum absolute atomic E-state index is 12.4. The van der Waals surface area contributed by atoms with E-state index in [4.69, 9.17) is 4.74 Å². The maximum atomic E-state index is 12.4. The van der Waals surface area contributed by atoms with Crippen LogP contribution in [0, 0.1) is 5.92 Å². The molecular formula is C23H22N2O5. The van der Waals surface area contributed by atoms with Crippen LogP contribution in [0.2, 0.25) is 0 Å². The van der Waals surface area contributed by atoms with Gasteiger partial charge in [0.2, 0.25) is 5.91 Å². The van der Waals surface area contributed by atoms with Gasteiger partial charge in [0.1, 0.15) is 6.61 Å². The summed E-state index contributed by atoms with van der Waals surface area (Å²) < 4.78 is 5.29. The third kappa shape index (κ3) is 3.58. The van der Waals surface area contributed by atoms with Crippen LogP contribution >= 0.6 is 0 Å². The first-order chi connectivity index (χ1) is 14.5. The molecule has 0 aromatic heterocycles. The van der Waals surface area contributed by atoms with Gasteiger partial charge in [-0.1, -0.05) is 31.2 Å². The summed E-state index contributed by atoms with van der Waals surface area (Å²) in [5.41, 5.74) is 2.66. The Hall–Kier alpha value is -3.48. The highest BCUT2D eigenvalue weighted by Crippen LogP contribution is 2.26. The zero-order valence-electron chi connectivity index (χ0n) is 16.7. The van der Waals surface area contributed by atoms with Crippen molar-refractivity contribution in [3.05, 3.63) is 65.2 Å².